The SMILES string of the molecule is CNCCN(C)C/C=C/c1ccccc1.Cl. The van der Waals surface area contributed by atoms with Crippen molar-refractivity contribution in [2.75, 3.05) is 33.7 Å². The first kappa shape index (κ1) is 15.2. The first-order chi connectivity index (χ1) is 7.33. The van der Waals surface area contributed by atoms with Crippen molar-refractivity contribution < 1.29 is 0 Å². The Bertz CT molecular complexity index is 285. The molecule has 0 heterocycles. The van der Waals surface area contributed by atoms with Gasteiger partial charge in [0.05, 0.1) is 0 Å². The van der Waals surface area contributed by atoms with Gasteiger partial charge in [0, 0.05) is 19.6 Å². The van der Waals surface area contributed by atoms with Gasteiger partial charge in [-0.3, -0.25) is 0 Å². The van der Waals surface area contributed by atoms with E-state index in [9.17, 15) is 0 Å². The molecular formula is C13H21ClN2. The number of hydrogen-bond acceptors (Lipinski definition) is 2. The Morgan fingerprint density at radius 3 is 2.56 bits per heavy atom. The van der Waals surface area contributed by atoms with Gasteiger partial charge in [-0.2, -0.15) is 0 Å². The van der Waals surface area contributed by atoms with E-state index in [1.165, 1.54) is 5.56 Å². The Morgan fingerprint density at radius 1 is 1.25 bits per heavy atom. The van der Waals surface area contributed by atoms with Crippen LogP contribution in [-0.2, 0) is 0 Å². The van der Waals surface area contributed by atoms with Crippen LogP contribution in [0.15, 0.2) is 36.4 Å². The maximum Gasteiger partial charge on any atom is 0.0163 e. The van der Waals surface area contributed by atoms with Crippen molar-refractivity contribution in [2.45, 2.75) is 0 Å². The average Bonchev–Trinajstić information content (AvgIpc) is 2.28. The quantitative estimate of drug-likeness (QED) is 0.821. The third-order valence-electron chi connectivity index (χ3n) is 2.27. The molecule has 0 fully saturated rings. The summed E-state index contributed by atoms with van der Waals surface area (Å²) < 4.78 is 0. The third-order valence-corrected chi connectivity index (χ3v) is 2.27. The predicted octanol–water partition coefficient (Wildman–Crippen LogP) is 2.27. The Labute approximate surface area is 105 Å². The molecular weight excluding hydrogens is 220 g/mol. The van der Waals surface area contributed by atoms with Crippen LogP contribution in [0.3, 0.4) is 0 Å². The highest BCUT2D eigenvalue weighted by molar-refractivity contribution is 5.85. The van der Waals surface area contributed by atoms with Crippen LogP contribution in [0, 0.1) is 0 Å². The summed E-state index contributed by atoms with van der Waals surface area (Å²) in [5.74, 6) is 0. The molecule has 1 rings (SSSR count). The summed E-state index contributed by atoms with van der Waals surface area (Å²) in [4.78, 5) is 2.29. The Hall–Kier alpha value is -0.830. The third kappa shape index (κ3) is 6.62. The van der Waals surface area contributed by atoms with Gasteiger partial charge in [0.2, 0.25) is 0 Å². The molecule has 0 aliphatic carbocycles. The Morgan fingerprint density at radius 2 is 1.94 bits per heavy atom. The van der Waals surface area contributed by atoms with Gasteiger partial charge in [0.1, 0.15) is 0 Å². The van der Waals surface area contributed by atoms with Crippen LogP contribution in [-0.4, -0.2) is 38.6 Å². The minimum absolute atomic E-state index is 0. The highest BCUT2D eigenvalue weighted by Crippen LogP contribution is 2.00. The van der Waals surface area contributed by atoms with E-state index in [1.54, 1.807) is 0 Å². The predicted molar refractivity (Wildman–Crippen MR) is 74.1 cm³/mol. The Kier molecular flexibility index (Phi) is 8.91. The van der Waals surface area contributed by atoms with E-state index in [4.69, 9.17) is 0 Å². The lowest BCUT2D eigenvalue weighted by atomic mass is 10.2. The smallest absolute Gasteiger partial charge is 0.0163 e. The number of likely N-dealkylation sites (N-methyl/N-ethyl adjacent to an activating group) is 2. The molecule has 2 nitrogen and oxygen atoms in total. The average molecular weight is 241 g/mol. The zero-order valence-corrected chi connectivity index (χ0v) is 10.8. The minimum Gasteiger partial charge on any atom is -0.318 e. The van der Waals surface area contributed by atoms with E-state index in [0.717, 1.165) is 19.6 Å². The van der Waals surface area contributed by atoms with Crippen molar-refractivity contribution in [1.82, 2.24) is 10.2 Å². The van der Waals surface area contributed by atoms with Crippen LogP contribution in [0.4, 0.5) is 0 Å². The summed E-state index contributed by atoms with van der Waals surface area (Å²) in [5.41, 5.74) is 1.26. The number of rotatable bonds is 6. The van der Waals surface area contributed by atoms with Crippen LogP contribution in [0.1, 0.15) is 5.56 Å². The largest absolute Gasteiger partial charge is 0.318 e. The molecule has 0 amide bonds. The van der Waals surface area contributed by atoms with Crippen molar-refractivity contribution in [2.24, 2.45) is 0 Å². The lowest BCUT2D eigenvalue weighted by Gasteiger charge is -2.13. The fraction of sp³-hybridized carbons (Fsp3) is 0.385. The van der Waals surface area contributed by atoms with Gasteiger partial charge in [-0.25, -0.2) is 0 Å². The molecule has 16 heavy (non-hydrogen) atoms. The molecule has 0 unspecified atom stereocenters. The fourth-order valence-electron chi connectivity index (χ4n) is 1.33. The van der Waals surface area contributed by atoms with Gasteiger partial charge in [-0.1, -0.05) is 42.5 Å². The second kappa shape index (κ2) is 9.40. The molecule has 3 heteroatoms. The van der Waals surface area contributed by atoms with Crippen LogP contribution in [0.25, 0.3) is 6.08 Å². The molecule has 0 radical (unpaired) electrons. The van der Waals surface area contributed by atoms with E-state index in [-0.39, 0.29) is 12.4 Å². The van der Waals surface area contributed by atoms with Crippen molar-refractivity contribution in [3.63, 3.8) is 0 Å². The molecule has 0 aromatic heterocycles. The number of benzene rings is 1. The lowest BCUT2D eigenvalue weighted by molar-refractivity contribution is 0.371. The zero-order chi connectivity index (χ0) is 10.9. The van der Waals surface area contributed by atoms with E-state index in [0.29, 0.717) is 0 Å². The molecule has 0 saturated heterocycles. The molecule has 0 spiro atoms. The summed E-state index contributed by atoms with van der Waals surface area (Å²) in [6, 6.07) is 10.4. The van der Waals surface area contributed by atoms with Crippen LogP contribution >= 0.6 is 12.4 Å². The molecule has 1 aromatic rings. The van der Waals surface area contributed by atoms with Crippen molar-refractivity contribution >= 4 is 18.5 Å². The second-order valence-electron chi connectivity index (χ2n) is 3.68. The standard InChI is InChI=1S/C13H20N2.ClH/c1-14-10-12-15(2)11-6-9-13-7-4-3-5-8-13;/h3-9,14H,10-12H2,1-2H3;1H/b9-6+;. The second-order valence-corrected chi connectivity index (χ2v) is 3.68. The molecule has 0 atom stereocenters. The molecule has 90 valence electrons. The molecule has 0 aliphatic heterocycles. The van der Waals surface area contributed by atoms with Crippen LogP contribution in [0.2, 0.25) is 0 Å². The first-order valence-electron chi connectivity index (χ1n) is 5.37. The highest BCUT2D eigenvalue weighted by Gasteiger charge is 1.92. The molecule has 0 saturated carbocycles. The normalized spacial score (nSPS) is 10.7. The minimum atomic E-state index is 0. The number of halogens is 1. The highest BCUT2D eigenvalue weighted by atomic mass is 35.5. The fourth-order valence-corrected chi connectivity index (χ4v) is 1.33. The van der Waals surface area contributed by atoms with Crippen molar-refractivity contribution in [3.05, 3.63) is 42.0 Å². The summed E-state index contributed by atoms with van der Waals surface area (Å²) >= 11 is 0. The number of nitrogens with one attached hydrogen (secondary N) is 1. The zero-order valence-electron chi connectivity index (χ0n) is 10.0. The van der Waals surface area contributed by atoms with Crippen LogP contribution in [0.5, 0.6) is 0 Å². The maximum absolute atomic E-state index is 3.14. The summed E-state index contributed by atoms with van der Waals surface area (Å²) in [6.45, 7) is 3.11. The van der Waals surface area contributed by atoms with Gasteiger partial charge in [-0.05, 0) is 19.7 Å². The molecule has 0 aliphatic rings. The van der Waals surface area contributed by atoms with Crippen molar-refractivity contribution in [1.29, 1.82) is 0 Å². The van der Waals surface area contributed by atoms with E-state index < -0.39 is 0 Å². The van der Waals surface area contributed by atoms with Gasteiger partial charge < -0.3 is 10.2 Å². The van der Waals surface area contributed by atoms with E-state index >= 15 is 0 Å². The summed E-state index contributed by atoms with van der Waals surface area (Å²) in [7, 11) is 4.11. The topological polar surface area (TPSA) is 15.3 Å². The van der Waals surface area contributed by atoms with Gasteiger partial charge in [0.15, 0.2) is 0 Å². The summed E-state index contributed by atoms with van der Waals surface area (Å²) in [5, 5.41) is 3.14. The molecule has 1 aromatic carbocycles. The Balaban J connectivity index is 0.00000225. The molecule has 1 N–H and O–H groups in total. The first-order valence-corrected chi connectivity index (χ1v) is 5.37. The monoisotopic (exact) mass is 240 g/mol. The van der Waals surface area contributed by atoms with E-state index in [1.807, 2.05) is 13.1 Å². The van der Waals surface area contributed by atoms with Gasteiger partial charge in [0.25, 0.3) is 0 Å². The maximum atomic E-state index is 3.14. The summed E-state index contributed by atoms with van der Waals surface area (Å²) in [6.07, 6.45) is 4.36. The van der Waals surface area contributed by atoms with Gasteiger partial charge in [-0.15, -0.1) is 12.4 Å². The molecule has 0 bridgehead atoms. The van der Waals surface area contributed by atoms with E-state index in [2.05, 4.69) is 53.7 Å². The number of nitrogens with zero attached hydrogens (tertiary/aromatic N) is 1. The lowest BCUT2D eigenvalue weighted by Crippen LogP contribution is -2.27. The number of hydrogen-bond donors (Lipinski definition) is 1. The van der Waals surface area contributed by atoms with Crippen molar-refractivity contribution in [3.8, 4) is 0 Å². The van der Waals surface area contributed by atoms with Gasteiger partial charge >= 0.3 is 0 Å². The van der Waals surface area contributed by atoms with Crippen LogP contribution < -0.4 is 5.32 Å².